The molecule has 8 nitrogen and oxygen atoms in total. The van der Waals surface area contributed by atoms with Gasteiger partial charge in [-0.1, -0.05) is 0 Å². The number of hydrogen-bond donors (Lipinski definition) is 2. The number of carbonyl (C=O) groups is 1. The SMILES string of the molecule is CNc1cc(C(=O)NCc2ccn(C)n2)ccc1[N+](=O)[O-]. The molecule has 1 aromatic carbocycles. The number of amides is 1. The quantitative estimate of drug-likeness (QED) is 0.638. The van der Waals surface area contributed by atoms with Gasteiger partial charge in [-0.05, 0) is 18.2 Å². The molecular formula is C13H15N5O3. The predicted octanol–water partition coefficient (Wildman–Crippen LogP) is 1.30. The lowest BCUT2D eigenvalue weighted by Crippen LogP contribution is -2.23. The Labute approximate surface area is 120 Å². The van der Waals surface area contributed by atoms with E-state index in [1.807, 2.05) is 0 Å². The minimum Gasteiger partial charge on any atom is -0.383 e. The first-order valence-electron chi connectivity index (χ1n) is 6.24. The topological polar surface area (TPSA) is 102 Å². The molecule has 2 N–H and O–H groups in total. The molecule has 1 heterocycles. The van der Waals surface area contributed by atoms with Gasteiger partial charge in [-0.25, -0.2) is 0 Å². The number of hydrogen-bond acceptors (Lipinski definition) is 5. The fourth-order valence-corrected chi connectivity index (χ4v) is 1.87. The summed E-state index contributed by atoms with van der Waals surface area (Å²) in [6.45, 7) is 0.297. The second-order valence-electron chi connectivity index (χ2n) is 4.40. The van der Waals surface area contributed by atoms with Gasteiger partial charge in [0.15, 0.2) is 0 Å². The van der Waals surface area contributed by atoms with Crippen LogP contribution in [-0.4, -0.2) is 27.7 Å². The number of nitro benzene ring substituents is 1. The van der Waals surface area contributed by atoms with Crippen molar-refractivity contribution in [1.29, 1.82) is 0 Å². The van der Waals surface area contributed by atoms with E-state index in [2.05, 4.69) is 15.7 Å². The summed E-state index contributed by atoms with van der Waals surface area (Å²) < 4.78 is 1.65. The molecule has 0 radical (unpaired) electrons. The molecule has 110 valence electrons. The van der Waals surface area contributed by atoms with Crippen molar-refractivity contribution in [1.82, 2.24) is 15.1 Å². The van der Waals surface area contributed by atoms with Crippen LogP contribution in [0.3, 0.4) is 0 Å². The van der Waals surface area contributed by atoms with Crippen LogP contribution >= 0.6 is 0 Å². The van der Waals surface area contributed by atoms with E-state index in [4.69, 9.17) is 0 Å². The third-order valence-electron chi connectivity index (χ3n) is 2.92. The van der Waals surface area contributed by atoms with Gasteiger partial charge >= 0.3 is 0 Å². The molecule has 2 rings (SSSR count). The van der Waals surface area contributed by atoms with Gasteiger partial charge in [0.1, 0.15) is 5.69 Å². The van der Waals surface area contributed by atoms with Gasteiger partial charge in [-0.2, -0.15) is 5.10 Å². The number of aryl methyl sites for hydroxylation is 1. The van der Waals surface area contributed by atoms with E-state index in [0.717, 1.165) is 5.69 Å². The van der Waals surface area contributed by atoms with Crippen molar-refractivity contribution in [3.05, 3.63) is 51.8 Å². The van der Waals surface area contributed by atoms with Crippen molar-refractivity contribution in [2.45, 2.75) is 6.54 Å². The summed E-state index contributed by atoms with van der Waals surface area (Å²) in [5.74, 6) is -0.313. The summed E-state index contributed by atoms with van der Waals surface area (Å²) in [5, 5.41) is 20.4. The molecule has 2 aromatic rings. The van der Waals surface area contributed by atoms with Gasteiger partial charge in [-0.15, -0.1) is 0 Å². The number of nitrogens with one attached hydrogen (secondary N) is 2. The van der Waals surface area contributed by atoms with E-state index in [1.54, 1.807) is 31.0 Å². The van der Waals surface area contributed by atoms with Crippen LogP contribution in [0.25, 0.3) is 0 Å². The Kier molecular flexibility index (Phi) is 4.17. The maximum Gasteiger partial charge on any atom is 0.292 e. The number of nitrogens with zero attached hydrogens (tertiary/aromatic N) is 3. The molecular weight excluding hydrogens is 274 g/mol. The van der Waals surface area contributed by atoms with E-state index < -0.39 is 4.92 Å². The molecule has 0 spiro atoms. The van der Waals surface area contributed by atoms with E-state index in [-0.39, 0.29) is 11.6 Å². The monoisotopic (exact) mass is 289 g/mol. The fourth-order valence-electron chi connectivity index (χ4n) is 1.87. The maximum atomic E-state index is 12.0. The predicted molar refractivity (Wildman–Crippen MR) is 77.0 cm³/mol. The van der Waals surface area contributed by atoms with Crippen molar-refractivity contribution >= 4 is 17.3 Å². The molecule has 8 heteroatoms. The average Bonchev–Trinajstić information content (AvgIpc) is 2.89. The summed E-state index contributed by atoms with van der Waals surface area (Å²) in [4.78, 5) is 22.4. The van der Waals surface area contributed by atoms with Gasteiger partial charge in [0, 0.05) is 31.9 Å². The molecule has 0 aliphatic heterocycles. The first-order chi connectivity index (χ1) is 10.0. The molecule has 21 heavy (non-hydrogen) atoms. The highest BCUT2D eigenvalue weighted by atomic mass is 16.6. The Balaban J connectivity index is 2.10. The molecule has 0 saturated carbocycles. The normalized spacial score (nSPS) is 10.2. The molecule has 0 aliphatic rings. The van der Waals surface area contributed by atoms with E-state index in [0.29, 0.717) is 17.8 Å². The minimum atomic E-state index is -0.499. The van der Waals surface area contributed by atoms with Crippen molar-refractivity contribution < 1.29 is 9.72 Å². The van der Waals surface area contributed by atoms with Gasteiger partial charge in [0.05, 0.1) is 17.2 Å². The summed E-state index contributed by atoms with van der Waals surface area (Å²) in [7, 11) is 3.36. The van der Waals surface area contributed by atoms with E-state index in [9.17, 15) is 14.9 Å². The van der Waals surface area contributed by atoms with Crippen LogP contribution in [0.1, 0.15) is 16.1 Å². The van der Waals surface area contributed by atoms with Crippen LogP contribution in [0.5, 0.6) is 0 Å². The molecule has 1 amide bonds. The Bertz CT molecular complexity index is 680. The largest absolute Gasteiger partial charge is 0.383 e. The number of rotatable bonds is 5. The summed E-state index contributed by atoms with van der Waals surface area (Å²) >= 11 is 0. The van der Waals surface area contributed by atoms with Gasteiger partial charge in [0.2, 0.25) is 0 Å². The zero-order valence-corrected chi connectivity index (χ0v) is 11.7. The zero-order valence-electron chi connectivity index (χ0n) is 11.7. The van der Waals surface area contributed by atoms with Crippen LogP contribution in [-0.2, 0) is 13.6 Å². The van der Waals surface area contributed by atoms with E-state index in [1.165, 1.54) is 18.2 Å². The molecule has 0 atom stereocenters. The number of aromatic nitrogens is 2. The first-order valence-corrected chi connectivity index (χ1v) is 6.24. The molecule has 0 unspecified atom stereocenters. The fraction of sp³-hybridized carbons (Fsp3) is 0.231. The maximum absolute atomic E-state index is 12.0. The van der Waals surface area contributed by atoms with Gasteiger partial charge in [0.25, 0.3) is 11.6 Å². The molecule has 0 saturated heterocycles. The summed E-state index contributed by atoms with van der Waals surface area (Å²) in [6.07, 6.45) is 1.78. The zero-order chi connectivity index (χ0) is 15.4. The van der Waals surface area contributed by atoms with E-state index >= 15 is 0 Å². The molecule has 0 bridgehead atoms. The van der Waals surface area contributed by atoms with Crippen LogP contribution < -0.4 is 10.6 Å². The van der Waals surface area contributed by atoms with Crippen LogP contribution in [0.2, 0.25) is 0 Å². The summed E-state index contributed by atoms with van der Waals surface area (Å²) in [6, 6.07) is 5.98. The molecule has 0 aliphatic carbocycles. The Hall–Kier alpha value is -2.90. The van der Waals surface area contributed by atoms with Gasteiger partial charge < -0.3 is 10.6 Å². The number of carbonyl (C=O) groups excluding carboxylic acids is 1. The highest BCUT2D eigenvalue weighted by Crippen LogP contribution is 2.24. The van der Waals surface area contributed by atoms with Gasteiger partial charge in [-0.3, -0.25) is 19.6 Å². The van der Waals surface area contributed by atoms with Crippen molar-refractivity contribution in [3.8, 4) is 0 Å². The highest BCUT2D eigenvalue weighted by molar-refractivity contribution is 5.95. The Morgan fingerprint density at radius 1 is 1.43 bits per heavy atom. The lowest BCUT2D eigenvalue weighted by molar-refractivity contribution is -0.383. The lowest BCUT2D eigenvalue weighted by Gasteiger charge is -2.06. The minimum absolute atomic E-state index is 0.0706. The Morgan fingerprint density at radius 2 is 2.19 bits per heavy atom. The number of benzene rings is 1. The highest BCUT2D eigenvalue weighted by Gasteiger charge is 2.15. The van der Waals surface area contributed by atoms with Crippen molar-refractivity contribution in [2.24, 2.45) is 7.05 Å². The van der Waals surface area contributed by atoms with Crippen LogP contribution in [0.15, 0.2) is 30.5 Å². The second kappa shape index (κ2) is 6.04. The Morgan fingerprint density at radius 3 is 2.76 bits per heavy atom. The van der Waals surface area contributed by atoms with Crippen LogP contribution in [0, 0.1) is 10.1 Å². The second-order valence-corrected chi connectivity index (χ2v) is 4.40. The molecule has 1 aromatic heterocycles. The molecule has 0 fully saturated rings. The number of anilines is 1. The summed E-state index contributed by atoms with van der Waals surface area (Å²) in [5.41, 5.74) is 1.31. The average molecular weight is 289 g/mol. The van der Waals surface area contributed by atoms with Crippen molar-refractivity contribution in [3.63, 3.8) is 0 Å². The van der Waals surface area contributed by atoms with Crippen molar-refractivity contribution in [2.75, 3.05) is 12.4 Å². The van der Waals surface area contributed by atoms with Crippen LogP contribution in [0.4, 0.5) is 11.4 Å². The standard InChI is InChI=1S/C13H15N5O3/c1-14-11-7-9(3-4-12(11)18(20)21)13(19)15-8-10-5-6-17(2)16-10/h3-7,14H,8H2,1-2H3,(H,15,19). The number of nitro groups is 1. The lowest BCUT2D eigenvalue weighted by atomic mass is 10.1. The third-order valence-corrected chi connectivity index (χ3v) is 2.92. The third kappa shape index (κ3) is 3.35. The smallest absolute Gasteiger partial charge is 0.292 e. The first kappa shape index (κ1) is 14.5.